The van der Waals surface area contributed by atoms with Gasteiger partial charge in [0.1, 0.15) is 0 Å². The highest BCUT2D eigenvalue weighted by Crippen LogP contribution is 2.43. The fraction of sp³-hybridized carbons (Fsp3) is 1.00. The fourth-order valence-corrected chi connectivity index (χ4v) is 4.46. The van der Waals surface area contributed by atoms with Gasteiger partial charge in [-0.2, -0.15) is 0 Å². The second kappa shape index (κ2) is 5.34. The Kier molecular flexibility index (Phi) is 4.29. The molecule has 112 valence electrons. The number of likely N-dealkylation sites (N-methyl/N-ethyl adjacent to an activating group) is 1. The first-order valence-electron chi connectivity index (χ1n) is 7.96. The average molecular weight is 268 g/mol. The molecule has 3 nitrogen and oxygen atoms in total. The van der Waals surface area contributed by atoms with Crippen LogP contribution in [0.5, 0.6) is 0 Å². The third-order valence-corrected chi connectivity index (χ3v) is 5.14. The highest BCUT2D eigenvalue weighted by molar-refractivity contribution is 5.02. The number of hydrogen-bond donors (Lipinski definition) is 1. The van der Waals surface area contributed by atoms with Crippen molar-refractivity contribution in [2.45, 2.75) is 83.6 Å². The van der Waals surface area contributed by atoms with E-state index in [9.17, 15) is 0 Å². The minimum atomic E-state index is -0.0543. The average Bonchev–Trinajstić information content (AvgIpc) is 2.82. The lowest BCUT2D eigenvalue weighted by molar-refractivity contribution is -0.0850. The van der Waals surface area contributed by atoms with Crippen molar-refractivity contribution in [3.8, 4) is 0 Å². The number of nitrogens with zero attached hydrogens (tertiary/aromatic N) is 1. The van der Waals surface area contributed by atoms with E-state index in [0.29, 0.717) is 18.0 Å². The first-order valence-corrected chi connectivity index (χ1v) is 7.96. The number of nitrogens with two attached hydrogens (primary N) is 1. The van der Waals surface area contributed by atoms with Gasteiger partial charge in [-0.1, -0.05) is 13.3 Å². The molecule has 0 amide bonds. The molecule has 3 unspecified atom stereocenters. The monoisotopic (exact) mass is 268 g/mol. The summed E-state index contributed by atoms with van der Waals surface area (Å²) in [7, 11) is 0. The molecule has 2 aliphatic rings. The van der Waals surface area contributed by atoms with Crippen LogP contribution >= 0.6 is 0 Å². The van der Waals surface area contributed by atoms with Crippen molar-refractivity contribution in [1.82, 2.24) is 4.90 Å². The van der Waals surface area contributed by atoms with Crippen molar-refractivity contribution in [1.29, 1.82) is 0 Å². The minimum Gasteiger partial charge on any atom is -0.368 e. The Morgan fingerprint density at radius 2 is 1.89 bits per heavy atom. The lowest BCUT2D eigenvalue weighted by Crippen LogP contribution is -2.52. The van der Waals surface area contributed by atoms with E-state index in [-0.39, 0.29) is 11.2 Å². The summed E-state index contributed by atoms with van der Waals surface area (Å²) >= 11 is 0. The Morgan fingerprint density at radius 1 is 1.21 bits per heavy atom. The molecule has 1 aliphatic carbocycles. The highest BCUT2D eigenvalue weighted by Gasteiger charge is 2.50. The molecule has 1 aliphatic heterocycles. The molecule has 0 bridgehead atoms. The van der Waals surface area contributed by atoms with E-state index < -0.39 is 0 Å². The molecule has 3 atom stereocenters. The van der Waals surface area contributed by atoms with Crippen LogP contribution in [0, 0.1) is 5.92 Å². The van der Waals surface area contributed by atoms with Gasteiger partial charge >= 0.3 is 0 Å². The maximum atomic E-state index is 6.29. The number of hydrogen-bond acceptors (Lipinski definition) is 3. The Bertz CT molecular complexity index is 314. The zero-order valence-electron chi connectivity index (χ0n) is 13.4. The van der Waals surface area contributed by atoms with Crippen molar-refractivity contribution in [3.05, 3.63) is 0 Å². The summed E-state index contributed by atoms with van der Waals surface area (Å²) in [6.45, 7) is 13.2. The molecule has 0 aromatic heterocycles. The molecule has 3 heteroatoms. The predicted molar refractivity (Wildman–Crippen MR) is 80.2 cm³/mol. The van der Waals surface area contributed by atoms with Crippen molar-refractivity contribution < 1.29 is 4.74 Å². The molecule has 0 aromatic rings. The predicted octanol–water partition coefficient (Wildman–Crippen LogP) is 2.78. The highest BCUT2D eigenvalue weighted by atomic mass is 16.5. The van der Waals surface area contributed by atoms with E-state index in [2.05, 4.69) is 39.5 Å². The summed E-state index contributed by atoms with van der Waals surface area (Å²) in [6, 6.07) is 1.18. The molecule has 1 saturated carbocycles. The van der Waals surface area contributed by atoms with Gasteiger partial charge in [-0.25, -0.2) is 0 Å². The SMILES string of the molecule is CCN(C1CCCC1CN)C1CC(C)(C)OC1(C)C. The van der Waals surface area contributed by atoms with Gasteiger partial charge in [-0.15, -0.1) is 0 Å². The summed E-state index contributed by atoms with van der Waals surface area (Å²) in [5, 5.41) is 0. The van der Waals surface area contributed by atoms with E-state index in [1.54, 1.807) is 0 Å². The largest absolute Gasteiger partial charge is 0.368 e. The van der Waals surface area contributed by atoms with Crippen LogP contribution in [0.4, 0.5) is 0 Å². The van der Waals surface area contributed by atoms with Crippen LogP contribution in [0.2, 0.25) is 0 Å². The van der Waals surface area contributed by atoms with Gasteiger partial charge in [-0.05, 0) is 66.0 Å². The summed E-state index contributed by atoms with van der Waals surface area (Å²) in [5.41, 5.74) is 5.92. The van der Waals surface area contributed by atoms with Crippen LogP contribution in [0.25, 0.3) is 0 Å². The van der Waals surface area contributed by atoms with Gasteiger partial charge in [0.2, 0.25) is 0 Å². The molecule has 2 rings (SSSR count). The Hall–Kier alpha value is -0.120. The molecule has 2 N–H and O–H groups in total. The molecule has 19 heavy (non-hydrogen) atoms. The Labute approximate surface area is 118 Å². The van der Waals surface area contributed by atoms with Crippen LogP contribution in [-0.2, 0) is 4.74 Å². The van der Waals surface area contributed by atoms with Crippen LogP contribution < -0.4 is 5.73 Å². The summed E-state index contributed by atoms with van der Waals surface area (Å²) in [5.74, 6) is 0.680. The van der Waals surface area contributed by atoms with Gasteiger partial charge in [0.25, 0.3) is 0 Å². The molecular weight excluding hydrogens is 236 g/mol. The lowest BCUT2D eigenvalue weighted by Gasteiger charge is -2.41. The Morgan fingerprint density at radius 3 is 2.37 bits per heavy atom. The number of ether oxygens (including phenoxy) is 1. The molecule has 0 spiro atoms. The van der Waals surface area contributed by atoms with Crippen LogP contribution in [0.3, 0.4) is 0 Å². The second-order valence-electron chi connectivity index (χ2n) is 7.51. The topological polar surface area (TPSA) is 38.5 Å². The van der Waals surface area contributed by atoms with E-state index in [4.69, 9.17) is 10.5 Å². The molecule has 1 heterocycles. The van der Waals surface area contributed by atoms with E-state index in [0.717, 1.165) is 19.5 Å². The van der Waals surface area contributed by atoms with Crippen molar-refractivity contribution in [2.24, 2.45) is 11.7 Å². The smallest absolute Gasteiger partial charge is 0.0789 e. The van der Waals surface area contributed by atoms with Crippen LogP contribution in [-0.4, -0.2) is 41.3 Å². The van der Waals surface area contributed by atoms with E-state index in [1.165, 1.54) is 19.3 Å². The maximum Gasteiger partial charge on any atom is 0.0789 e. The zero-order valence-corrected chi connectivity index (χ0v) is 13.4. The molecule has 1 saturated heterocycles. The number of rotatable bonds is 4. The van der Waals surface area contributed by atoms with Gasteiger partial charge in [0.15, 0.2) is 0 Å². The molecule has 0 radical (unpaired) electrons. The minimum absolute atomic E-state index is 0.00159. The molecular formula is C16H32N2O. The van der Waals surface area contributed by atoms with E-state index in [1.807, 2.05) is 0 Å². The van der Waals surface area contributed by atoms with Gasteiger partial charge < -0.3 is 10.5 Å². The van der Waals surface area contributed by atoms with Gasteiger partial charge in [-0.3, -0.25) is 4.90 Å². The van der Waals surface area contributed by atoms with Crippen LogP contribution in [0.15, 0.2) is 0 Å². The van der Waals surface area contributed by atoms with Crippen LogP contribution in [0.1, 0.15) is 60.3 Å². The standard InChI is InChI=1S/C16H32N2O/c1-6-18(13-9-7-8-12(13)11-17)14-10-15(2,3)19-16(14,4)5/h12-14H,6-11,17H2,1-5H3. The quantitative estimate of drug-likeness (QED) is 0.852. The van der Waals surface area contributed by atoms with Crippen molar-refractivity contribution >= 4 is 0 Å². The summed E-state index contributed by atoms with van der Waals surface area (Å²) in [4.78, 5) is 2.69. The third-order valence-electron chi connectivity index (χ3n) is 5.14. The van der Waals surface area contributed by atoms with Crippen molar-refractivity contribution in [3.63, 3.8) is 0 Å². The maximum absolute atomic E-state index is 6.29. The third kappa shape index (κ3) is 2.98. The van der Waals surface area contributed by atoms with Gasteiger partial charge in [0.05, 0.1) is 11.2 Å². The second-order valence-corrected chi connectivity index (χ2v) is 7.51. The first-order chi connectivity index (χ1) is 8.80. The molecule has 0 aromatic carbocycles. The summed E-state index contributed by atoms with van der Waals surface area (Å²) < 4.78 is 6.29. The van der Waals surface area contributed by atoms with Gasteiger partial charge in [0, 0.05) is 12.1 Å². The van der Waals surface area contributed by atoms with E-state index >= 15 is 0 Å². The molecule has 2 fully saturated rings. The fourth-order valence-electron chi connectivity index (χ4n) is 4.46. The lowest BCUT2D eigenvalue weighted by atomic mass is 9.90. The zero-order chi connectivity index (χ0) is 14.3. The Balaban J connectivity index is 2.17. The van der Waals surface area contributed by atoms with Crippen molar-refractivity contribution in [2.75, 3.05) is 13.1 Å². The normalized spacial score (nSPS) is 37.1. The summed E-state index contributed by atoms with van der Waals surface area (Å²) in [6.07, 6.45) is 5.07. The first kappa shape index (κ1) is 15.3.